The highest BCUT2D eigenvalue weighted by molar-refractivity contribution is 5.78. The summed E-state index contributed by atoms with van der Waals surface area (Å²) in [5.74, 6) is 0.600. The summed E-state index contributed by atoms with van der Waals surface area (Å²) in [5.41, 5.74) is 1.37. The summed E-state index contributed by atoms with van der Waals surface area (Å²) in [5, 5.41) is 11.7. The molecule has 0 aromatic heterocycles. The largest absolute Gasteiger partial charge is 0.314 e. The third kappa shape index (κ3) is 6.12. The monoisotopic (exact) mass is 456 g/mol. The van der Waals surface area contributed by atoms with E-state index in [-0.39, 0.29) is 0 Å². The quantitative estimate of drug-likeness (QED) is 0.742. The molecule has 182 valence electrons. The summed E-state index contributed by atoms with van der Waals surface area (Å²) in [6.45, 7) is 13.2. The maximum absolute atomic E-state index is 11.9. The van der Waals surface area contributed by atoms with Crippen molar-refractivity contribution in [1.29, 1.82) is 0 Å². The van der Waals surface area contributed by atoms with Gasteiger partial charge in [0.05, 0.1) is 0 Å². The number of amides is 2. The fourth-order valence-electron chi connectivity index (χ4n) is 5.32. The lowest BCUT2D eigenvalue weighted by Gasteiger charge is -2.41. The molecular weight excluding hydrogens is 416 g/mol. The van der Waals surface area contributed by atoms with Gasteiger partial charge in [-0.3, -0.25) is 24.5 Å². The molecule has 4 fully saturated rings. The third-order valence-corrected chi connectivity index (χ3v) is 7.20. The molecule has 4 aliphatic rings. The molecule has 0 aliphatic carbocycles. The Kier molecular flexibility index (Phi) is 8.35. The summed E-state index contributed by atoms with van der Waals surface area (Å²) in [6, 6.07) is 11.4. The molecule has 4 saturated heterocycles. The van der Waals surface area contributed by atoms with Crippen molar-refractivity contribution >= 4 is 11.8 Å². The van der Waals surface area contributed by atoms with Crippen molar-refractivity contribution in [2.75, 3.05) is 52.4 Å². The van der Waals surface area contributed by atoms with E-state index in [9.17, 15) is 9.59 Å². The van der Waals surface area contributed by atoms with Gasteiger partial charge in [-0.25, -0.2) is 10.0 Å². The number of hydrogen-bond donors (Lipinski definition) is 1. The van der Waals surface area contributed by atoms with Gasteiger partial charge in [-0.15, -0.1) is 0 Å². The fourth-order valence-corrected chi connectivity index (χ4v) is 5.32. The van der Waals surface area contributed by atoms with Crippen LogP contribution < -0.4 is 5.32 Å². The number of benzene rings is 1. The predicted octanol–water partition coefficient (Wildman–Crippen LogP) is 1.55. The Morgan fingerprint density at radius 1 is 0.758 bits per heavy atom. The van der Waals surface area contributed by atoms with E-state index in [1.165, 1.54) is 5.56 Å². The Labute approximate surface area is 198 Å². The zero-order valence-electron chi connectivity index (χ0n) is 20.3. The number of hydrogen-bond acceptors (Lipinski definition) is 6. The van der Waals surface area contributed by atoms with Gasteiger partial charge in [-0.2, -0.15) is 0 Å². The van der Waals surface area contributed by atoms with Gasteiger partial charge < -0.3 is 5.32 Å². The second-order valence-electron chi connectivity index (χ2n) is 9.67. The van der Waals surface area contributed by atoms with Crippen LogP contribution in [0.5, 0.6) is 0 Å². The number of carbonyl (C=O) groups excluding carboxylic acids is 2. The number of hydrazine groups is 2. The standard InChI is InChI=1S/C16H23N3O.C9H17N3O/c1-14-7-8-16(20)19(14)18-11-9-17(10-12-18)13-15-5-3-2-4-6-15;1-8-2-3-9(13)12(8)11-6-4-10-5-7-11/h2-6,14H,7-13H2,1H3;8,10H,2-7H2,1H3. The van der Waals surface area contributed by atoms with Crippen LogP contribution in [-0.4, -0.2) is 101 Å². The Bertz CT molecular complexity index is 776. The molecule has 0 radical (unpaired) electrons. The number of rotatable bonds is 4. The minimum absolute atomic E-state index is 0.300. The highest BCUT2D eigenvalue weighted by Crippen LogP contribution is 2.22. The van der Waals surface area contributed by atoms with Crippen LogP contribution in [0.1, 0.15) is 45.1 Å². The van der Waals surface area contributed by atoms with E-state index in [0.717, 1.165) is 78.2 Å². The molecule has 5 rings (SSSR count). The average Bonchev–Trinajstić information content (AvgIpc) is 3.36. The maximum Gasteiger partial charge on any atom is 0.237 e. The van der Waals surface area contributed by atoms with Crippen molar-refractivity contribution in [3.05, 3.63) is 35.9 Å². The smallest absolute Gasteiger partial charge is 0.237 e. The van der Waals surface area contributed by atoms with Crippen LogP contribution in [0.3, 0.4) is 0 Å². The highest BCUT2D eigenvalue weighted by atomic mass is 16.2. The molecule has 2 unspecified atom stereocenters. The van der Waals surface area contributed by atoms with Gasteiger partial charge >= 0.3 is 0 Å². The van der Waals surface area contributed by atoms with Gasteiger partial charge in [-0.1, -0.05) is 30.3 Å². The lowest BCUT2D eigenvalue weighted by molar-refractivity contribution is -0.150. The minimum atomic E-state index is 0.300. The van der Waals surface area contributed by atoms with Crippen molar-refractivity contribution in [3.8, 4) is 0 Å². The van der Waals surface area contributed by atoms with Crippen LogP contribution >= 0.6 is 0 Å². The van der Waals surface area contributed by atoms with E-state index in [1.807, 2.05) is 10.0 Å². The first-order valence-corrected chi connectivity index (χ1v) is 12.6. The first-order chi connectivity index (χ1) is 16.0. The SMILES string of the molecule is CC1CCC(=O)N1N1CCN(Cc2ccccc2)CC1.CC1CCC(=O)N1N1CCNCC1. The molecule has 8 heteroatoms. The highest BCUT2D eigenvalue weighted by Gasteiger charge is 2.34. The number of nitrogens with zero attached hydrogens (tertiary/aromatic N) is 5. The normalized spacial score (nSPS) is 27.7. The van der Waals surface area contributed by atoms with Crippen molar-refractivity contribution in [2.45, 2.75) is 58.2 Å². The third-order valence-electron chi connectivity index (χ3n) is 7.20. The number of carbonyl (C=O) groups is 2. The van der Waals surface area contributed by atoms with E-state index in [4.69, 9.17) is 0 Å². The minimum Gasteiger partial charge on any atom is -0.314 e. The second-order valence-corrected chi connectivity index (χ2v) is 9.67. The Balaban J connectivity index is 0.000000172. The van der Waals surface area contributed by atoms with Crippen molar-refractivity contribution < 1.29 is 9.59 Å². The van der Waals surface area contributed by atoms with E-state index in [2.05, 4.69) is 64.4 Å². The van der Waals surface area contributed by atoms with Gasteiger partial charge in [0.2, 0.25) is 11.8 Å². The fraction of sp³-hybridized carbons (Fsp3) is 0.680. The van der Waals surface area contributed by atoms with E-state index in [1.54, 1.807) is 0 Å². The zero-order chi connectivity index (χ0) is 23.2. The molecule has 1 aromatic rings. The molecule has 33 heavy (non-hydrogen) atoms. The molecule has 1 N–H and O–H groups in total. The molecule has 2 atom stereocenters. The topological polar surface area (TPSA) is 62.4 Å². The molecule has 1 aromatic carbocycles. The average molecular weight is 457 g/mol. The molecule has 4 aliphatic heterocycles. The van der Waals surface area contributed by atoms with Crippen LogP contribution in [0.2, 0.25) is 0 Å². The molecule has 4 heterocycles. The summed E-state index contributed by atoms with van der Waals surface area (Å²) in [4.78, 5) is 25.9. The van der Waals surface area contributed by atoms with Crippen LogP contribution in [0, 0.1) is 0 Å². The first kappa shape index (κ1) is 24.1. The second kappa shape index (κ2) is 11.4. The van der Waals surface area contributed by atoms with Crippen LogP contribution in [0.25, 0.3) is 0 Å². The van der Waals surface area contributed by atoms with Gasteiger partial charge in [0.15, 0.2) is 0 Å². The van der Waals surface area contributed by atoms with Crippen LogP contribution in [0.4, 0.5) is 0 Å². The summed E-state index contributed by atoms with van der Waals surface area (Å²) in [7, 11) is 0. The Morgan fingerprint density at radius 3 is 1.76 bits per heavy atom. The van der Waals surface area contributed by atoms with Gasteiger partial charge in [0, 0.05) is 83.8 Å². The van der Waals surface area contributed by atoms with Gasteiger partial charge in [-0.05, 0) is 32.3 Å². The van der Waals surface area contributed by atoms with Crippen LogP contribution in [0.15, 0.2) is 30.3 Å². The summed E-state index contributed by atoms with van der Waals surface area (Å²) < 4.78 is 0. The molecular formula is C25H40N6O2. The van der Waals surface area contributed by atoms with E-state index in [0.29, 0.717) is 30.3 Å². The van der Waals surface area contributed by atoms with Crippen molar-refractivity contribution in [2.24, 2.45) is 0 Å². The Morgan fingerprint density at radius 2 is 1.27 bits per heavy atom. The maximum atomic E-state index is 11.9. The number of piperazine rings is 2. The van der Waals surface area contributed by atoms with E-state index < -0.39 is 0 Å². The zero-order valence-corrected chi connectivity index (χ0v) is 20.3. The molecule has 2 amide bonds. The molecule has 0 spiro atoms. The summed E-state index contributed by atoms with van der Waals surface area (Å²) in [6.07, 6.45) is 3.46. The Hall–Kier alpha value is -2.00. The predicted molar refractivity (Wildman–Crippen MR) is 129 cm³/mol. The lowest BCUT2D eigenvalue weighted by atomic mass is 10.2. The first-order valence-electron chi connectivity index (χ1n) is 12.6. The molecule has 0 bridgehead atoms. The summed E-state index contributed by atoms with van der Waals surface area (Å²) >= 11 is 0. The lowest BCUT2D eigenvalue weighted by Crippen LogP contribution is -2.55. The van der Waals surface area contributed by atoms with E-state index >= 15 is 0 Å². The van der Waals surface area contributed by atoms with Gasteiger partial charge in [0.25, 0.3) is 0 Å². The van der Waals surface area contributed by atoms with Crippen LogP contribution in [-0.2, 0) is 16.1 Å². The molecule has 8 nitrogen and oxygen atoms in total. The molecule has 0 saturated carbocycles. The van der Waals surface area contributed by atoms with Crippen molar-refractivity contribution in [1.82, 2.24) is 30.3 Å². The van der Waals surface area contributed by atoms with Crippen molar-refractivity contribution in [3.63, 3.8) is 0 Å². The number of nitrogens with one attached hydrogen (secondary N) is 1. The van der Waals surface area contributed by atoms with Gasteiger partial charge in [0.1, 0.15) is 0 Å².